The number of thiophene rings is 1. The van der Waals surface area contributed by atoms with Gasteiger partial charge < -0.3 is 15.1 Å². The third kappa shape index (κ3) is 4.74. The van der Waals surface area contributed by atoms with Gasteiger partial charge in [0.2, 0.25) is 0 Å². The van der Waals surface area contributed by atoms with Crippen LogP contribution in [-0.4, -0.2) is 55.2 Å². The Morgan fingerprint density at radius 3 is 2.38 bits per heavy atom. The maximum absolute atomic E-state index is 13.1. The van der Waals surface area contributed by atoms with E-state index in [1.165, 1.54) is 11.3 Å². The van der Waals surface area contributed by atoms with E-state index >= 15 is 0 Å². The summed E-state index contributed by atoms with van der Waals surface area (Å²) in [5.74, 6) is 0. The summed E-state index contributed by atoms with van der Waals surface area (Å²) in [4.78, 5) is 2.24. The Morgan fingerprint density at radius 2 is 1.75 bits per heavy atom. The first-order chi connectivity index (χ1) is 15.3. The second-order valence-electron chi connectivity index (χ2n) is 8.31. The van der Waals surface area contributed by atoms with E-state index in [-0.39, 0.29) is 12.6 Å². The highest BCUT2D eigenvalue weighted by atomic mass is 32.2. The third-order valence-corrected chi connectivity index (χ3v) is 9.22. The molecule has 6 nitrogen and oxygen atoms in total. The van der Waals surface area contributed by atoms with Crippen LogP contribution >= 0.6 is 11.3 Å². The predicted molar refractivity (Wildman–Crippen MR) is 127 cm³/mol. The summed E-state index contributed by atoms with van der Waals surface area (Å²) in [5.41, 5.74) is 1.46. The molecule has 1 aliphatic heterocycles. The minimum atomic E-state index is -3.51. The van der Waals surface area contributed by atoms with Crippen LogP contribution in [0.5, 0.6) is 0 Å². The Bertz CT molecular complexity index is 1110. The molecule has 2 atom stereocenters. The van der Waals surface area contributed by atoms with E-state index in [2.05, 4.69) is 17.0 Å². The molecule has 3 aromatic rings. The molecular weight excluding hydrogens is 444 g/mol. The van der Waals surface area contributed by atoms with Gasteiger partial charge >= 0.3 is 0 Å². The topological polar surface area (TPSA) is 81.1 Å². The fourth-order valence-electron chi connectivity index (χ4n) is 4.09. The molecule has 0 amide bonds. The van der Waals surface area contributed by atoms with Gasteiger partial charge in [-0.15, -0.1) is 11.3 Å². The minimum absolute atomic E-state index is 0.0370. The molecule has 0 aliphatic carbocycles. The van der Waals surface area contributed by atoms with Gasteiger partial charge in [0.05, 0.1) is 6.61 Å². The fourth-order valence-corrected chi connectivity index (χ4v) is 6.70. The minimum Gasteiger partial charge on any atom is -0.393 e. The highest BCUT2D eigenvalue weighted by Crippen LogP contribution is 2.29. The Hall–Kier alpha value is -2.23. The largest absolute Gasteiger partial charge is 0.393 e. The molecule has 8 heteroatoms. The number of rotatable bonds is 7. The monoisotopic (exact) mass is 472 g/mol. The van der Waals surface area contributed by atoms with Crippen molar-refractivity contribution < 1.29 is 18.6 Å². The number of hydrogen-bond acceptors (Lipinski definition) is 6. The van der Waals surface area contributed by atoms with Gasteiger partial charge in [-0.05, 0) is 48.1 Å². The van der Waals surface area contributed by atoms with Crippen molar-refractivity contribution in [3.8, 4) is 0 Å². The molecule has 2 aromatic carbocycles. The average Bonchev–Trinajstić information content (AvgIpc) is 3.36. The lowest BCUT2D eigenvalue weighted by Gasteiger charge is -2.42. The maximum Gasteiger partial charge on any atom is 0.252 e. The molecule has 4 rings (SSSR count). The van der Waals surface area contributed by atoms with Gasteiger partial charge in [0.1, 0.15) is 9.81 Å². The molecule has 170 valence electrons. The van der Waals surface area contributed by atoms with Crippen LogP contribution in [0.2, 0.25) is 0 Å². The molecule has 0 bridgehead atoms. The highest BCUT2D eigenvalue weighted by Gasteiger charge is 2.35. The summed E-state index contributed by atoms with van der Waals surface area (Å²) in [6, 6.07) is 21.0. The molecule has 2 heterocycles. The first-order valence-corrected chi connectivity index (χ1v) is 12.9. The number of benzene rings is 2. The summed E-state index contributed by atoms with van der Waals surface area (Å²) in [6.45, 7) is 2.58. The SMILES string of the molecule is C[C@@](O)(CO)c1ccc(N2CCN(S(=O)(=O)c3cccs3)C[C@@H]2Cc2ccccc2)cc1. The van der Waals surface area contributed by atoms with Crippen molar-refractivity contribution in [2.45, 2.75) is 29.2 Å². The van der Waals surface area contributed by atoms with Crippen LogP contribution in [0.4, 0.5) is 5.69 Å². The average molecular weight is 473 g/mol. The van der Waals surface area contributed by atoms with E-state index < -0.39 is 15.6 Å². The van der Waals surface area contributed by atoms with Crippen molar-refractivity contribution in [2.75, 3.05) is 31.1 Å². The van der Waals surface area contributed by atoms with E-state index in [0.29, 0.717) is 35.8 Å². The number of aliphatic hydroxyl groups excluding tert-OH is 1. The molecule has 0 saturated carbocycles. The van der Waals surface area contributed by atoms with Gasteiger partial charge in [-0.25, -0.2) is 8.42 Å². The lowest BCUT2D eigenvalue weighted by molar-refractivity contribution is -0.00227. The highest BCUT2D eigenvalue weighted by molar-refractivity contribution is 7.91. The van der Waals surface area contributed by atoms with Crippen molar-refractivity contribution >= 4 is 27.0 Å². The van der Waals surface area contributed by atoms with Crippen molar-refractivity contribution in [3.05, 3.63) is 83.2 Å². The van der Waals surface area contributed by atoms with Gasteiger partial charge in [0.15, 0.2) is 0 Å². The van der Waals surface area contributed by atoms with Crippen LogP contribution in [0.25, 0.3) is 0 Å². The summed E-state index contributed by atoms with van der Waals surface area (Å²) in [6.07, 6.45) is 0.716. The number of aliphatic hydroxyl groups is 2. The van der Waals surface area contributed by atoms with E-state index in [0.717, 1.165) is 11.3 Å². The summed E-state index contributed by atoms with van der Waals surface area (Å²) < 4.78 is 28.3. The first kappa shape index (κ1) is 22.9. The molecule has 0 spiro atoms. The second-order valence-corrected chi connectivity index (χ2v) is 11.4. The zero-order chi connectivity index (χ0) is 22.8. The van der Waals surface area contributed by atoms with Crippen LogP contribution in [0.15, 0.2) is 76.3 Å². The van der Waals surface area contributed by atoms with Crippen molar-refractivity contribution in [3.63, 3.8) is 0 Å². The number of nitrogens with zero attached hydrogens (tertiary/aromatic N) is 2. The van der Waals surface area contributed by atoms with E-state index in [1.807, 2.05) is 42.5 Å². The third-order valence-electron chi connectivity index (χ3n) is 5.98. The lowest BCUT2D eigenvalue weighted by Crippen LogP contribution is -2.55. The maximum atomic E-state index is 13.1. The zero-order valence-electron chi connectivity index (χ0n) is 18.0. The summed E-state index contributed by atoms with van der Waals surface area (Å²) >= 11 is 1.24. The number of hydrogen-bond donors (Lipinski definition) is 2. The molecular formula is C24H28N2O4S2. The van der Waals surface area contributed by atoms with Gasteiger partial charge in [-0.1, -0.05) is 48.5 Å². The molecule has 0 radical (unpaired) electrons. The van der Waals surface area contributed by atoms with Crippen molar-refractivity contribution in [2.24, 2.45) is 0 Å². The van der Waals surface area contributed by atoms with E-state index in [4.69, 9.17) is 0 Å². The lowest BCUT2D eigenvalue weighted by atomic mass is 9.96. The number of sulfonamides is 1. The molecule has 1 saturated heterocycles. The van der Waals surface area contributed by atoms with Gasteiger partial charge in [0.25, 0.3) is 10.0 Å². The van der Waals surface area contributed by atoms with E-state index in [1.54, 1.807) is 28.7 Å². The molecule has 1 aromatic heterocycles. The number of piperazine rings is 1. The Labute approximate surface area is 193 Å². The molecule has 1 aliphatic rings. The second kappa shape index (κ2) is 9.33. The fraction of sp³-hybridized carbons (Fsp3) is 0.333. The predicted octanol–water partition coefficient (Wildman–Crippen LogP) is 3.07. The van der Waals surface area contributed by atoms with Crippen LogP contribution in [0, 0.1) is 0 Å². The standard InChI is InChI=1S/C24H28N2O4S2/c1-24(28,18-27)20-9-11-21(12-10-20)26-14-13-25(32(29,30)23-8-5-15-31-23)17-22(26)16-19-6-3-2-4-7-19/h2-12,15,22,27-28H,13-14,16-18H2,1H3/t22-,24+/m0/s1. The molecule has 32 heavy (non-hydrogen) atoms. The zero-order valence-corrected chi connectivity index (χ0v) is 19.6. The quantitative estimate of drug-likeness (QED) is 0.552. The Kier molecular flexibility index (Phi) is 6.69. The van der Waals surface area contributed by atoms with Gasteiger partial charge in [-0.3, -0.25) is 0 Å². The summed E-state index contributed by atoms with van der Waals surface area (Å²) in [7, 11) is -3.51. The van der Waals surface area contributed by atoms with Gasteiger partial charge in [-0.2, -0.15) is 4.31 Å². The van der Waals surface area contributed by atoms with Crippen molar-refractivity contribution in [1.82, 2.24) is 4.31 Å². The number of anilines is 1. The van der Waals surface area contributed by atoms with Crippen LogP contribution in [0.3, 0.4) is 0 Å². The Morgan fingerprint density at radius 1 is 1.03 bits per heavy atom. The van der Waals surface area contributed by atoms with Crippen molar-refractivity contribution in [1.29, 1.82) is 0 Å². The molecule has 2 N–H and O–H groups in total. The first-order valence-electron chi connectivity index (χ1n) is 10.6. The van der Waals surface area contributed by atoms with E-state index in [9.17, 15) is 18.6 Å². The summed E-state index contributed by atoms with van der Waals surface area (Å²) in [5, 5.41) is 21.5. The Balaban J connectivity index is 1.61. The van der Waals surface area contributed by atoms with Crippen LogP contribution in [-0.2, 0) is 22.0 Å². The van der Waals surface area contributed by atoms with Gasteiger partial charge in [0, 0.05) is 31.4 Å². The smallest absolute Gasteiger partial charge is 0.252 e. The molecule has 1 fully saturated rings. The van der Waals surface area contributed by atoms with Crippen LogP contribution in [0.1, 0.15) is 18.1 Å². The normalized spacial score (nSPS) is 19.6. The molecule has 0 unspecified atom stereocenters. The van der Waals surface area contributed by atoms with Crippen LogP contribution < -0.4 is 4.90 Å².